The van der Waals surface area contributed by atoms with Crippen LogP contribution in [-0.2, 0) is 9.47 Å². The van der Waals surface area contributed by atoms with E-state index >= 15 is 8.78 Å². The minimum Gasteiger partial charge on any atom is -0.388 e. The maximum atomic E-state index is 15.3. The highest BCUT2D eigenvalue weighted by atomic mass is 19.2. The molecule has 0 bridgehead atoms. The van der Waals surface area contributed by atoms with E-state index < -0.39 is 47.1 Å². The molecule has 2 saturated carbocycles. The highest BCUT2D eigenvalue weighted by Gasteiger charge is 2.33. The number of halogens is 6. The lowest BCUT2D eigenvalue weighted by Gasteiger charge is -2.33. The Labute approximate surface area is 259 Å². The molecule has 9 heteroatoms. The number of ether oxygens (including phenoxy) is 2. The van der Waals surface area contributed by atoms with Crippen molar-refractivity contribution in [2.45, 2.75) is 94.9 Å². The van der Waals surface area contributed by atoms with Gasteiger partial charge in [-0.1, -0.05) is 43.3 Å². The zero-order valence-corrected chi connectivity index (χ0v) is 25.2. The van der Waals surface area contributed by atoms with E-state index in [1.807, 2.05) is 0 Å². The van der Waals surface area contributed by atoms with Crippen molar-refractivity contribution in [3.8, 4) is 11.1 Å². The molecular formula is C36H38F6O3. The normalized spacial score (nSPS) is 25.7. The largest absolute Gasteiger partial charge is 0.388 e. The van der Waals surface area contributed by atoms with Gasteiger partial charge in [-0.2, -0.15) is 0 Å². The second kappa shape index (κ2) is 13.5. The van der Waals surface area contributed by atoms with Gasteiger partial charge in [0.05, 0.1) is 18.8 Å². The van der Waals surface area contributed by atoms with E-state index in [0.717, 1.165) is 25.7 Å². The molecule has 3 fully saturated rings. The Bertz CT molecular complexity index is 1520. The van der Waals surface area contributed by atoms with E-state index in [9.17, 15) is 22.7 Å². The minimum atomic E-state index is -1.22. The molecule has 1 N–H and O–H groups in total. The van der Waals surface area contributed by atoms with E-state index in [0.29, 0.717) is 50.9 Å². The molecule has 242 valence electrons. The van der Waals surface area contributed by atoms with E-state index in [1.54, 1.807) is 13.0 Å². The van der Waals surface area contributed by atoms with E-state index in [1.165, 1.54) is 30.3 Å². The lowest BCUT2D eigenvalue weighted by Crippen LogP contribution is -2.26. The van der Waals surface area contributed by atoms with Crippen molar-refractivity contribution in [1.29, 1.82) is 0 Å². The van der Waals surface area contributed by atoms with Gasteiger partial charge in [0, 0.05) is 28.9 Å². The summed E-state index contributed by atoms with van der Waals surface area (Å²) in [5, 5.41) is 9.94. The average Bonchev–Trinajstić information content (AvgIpc) is 3.90. The number of hydrogen-bond donors (Lipinski definition) is 1. The van der Waals surface area contributed by atoms with Gasteiger partial charge in [0.25, 0.3) is 0 Å². The Balaban J connectivity index is 0.999. The van der Waals surface area contributed by atoms with Crippen molar-refractivity contribution < 1.29 is 40.9 Å². The fraction of sp³-hybridized carbons (Fsp3) is 0.500. The van der Waals surface area contributed by atoms with Crippen LogP contribution in [0.4, 0.5) is 26.3 Å². The van der Waals surface area contributed by atoms with Crippen molar-refractivity contribution in [3.63, 3.8) is 0 Å². The Morgan fingerprint density at radius 3 is 1.71 bits per heavy atom. The lowest BCUT2D eigenvalue weighted by atomic mass is 9.78. The number of aliphatic hydroxyl groups excluding tert-OH is 1. The number of aliphatic hydroxyl groups is 1. The first-order chi connectivity index (χ1) is 21.7. The van der Waals surface area contributed by atoms with Crippen LogP contribution < -0.4 is 0 Å². The fourth-order valence-corrected chi connectivity index (χ4v) is 7.16. The third-order valence-electron chi connectivity index (χ3n) is 10.1. The molecule has 3 aliphatic rings. The van der Waals surface area contributed by atoms with Crippen molar-refractivity contribution in [1.82, 2.24) is 0 Å². The molecule has 2 unspecified atom stereocenters. The van der Waals surface area contributed by atoms with E-state index in [-0.39, 0.29) is 51.7 Å². The predicted octanol–water partition coefficient (Wildman–Crippen LogP) is 9.72. The number of epoxide rings is 1. The van der Waals surface area contributed by atoms with Crippen LogP contribution in [0.1, 0.15) is 111 Å². The van der Waals surface area contributed by atoms with E-state index in [4.69, 9.17) is 9.47 Å². The molecule has 6 rings (SSSR count). The maximum absolute atomic E-state index is 15.3. The summed E-state index contributed by atoms with van der Waals surface area (Å²) in [6, 6.07) is 8.51. The van der Waals surface area contributed by atoms with E-state index in [2.05, 4.69) is 0 Å². The number of rotatable bonds is 9. The molecule has 2 aliphatic carbocycles. The Morgan fingerprint density at radius 2 is 1.16 bits per heavy atom. The molecule has 0 aromatic heterocycles. The van der Waals surface area contributed by atoms with Gasteiger partial charge < -0.3 is 14.6 Å². The van der Waals surface area contributed by atoms with Gasteiger partial charge in [0.1, 0.15) is 6.10 Å². The molecule has 2 atom stereocenters. The average molecular weight is 633 g/mol. The highest BCUT2D eigenvalue weighted by molar-refractivity contribution is 5.66. The molecule has 0 amide bonds. The van der Waals surface area contributed by atoms with Crippen molar-refractivity contribution in [3.05, 3.63) is 93.6 Å². The molecule has 1 heterocycles. The summed E-state index contributed by atoms with van der Waals surface area (Å²) in [7, 11) is 0. The van der Waals surface area contributed by atoms with Crippen LogP contribution in [0.15, 0.2) is 36.4 Å². The molecular weight excluding hydrogens is 594 g/mol. The van der Waals surface area contributed by atoms with Crippen LogP contribution in [0.25, 0.3) is 11.1 Å². The predicted molar refractivity (Wildman–Crippen MR) is 158 cm³/mol. The van der Waals surface area contributed by atoms with Crippen LogP contribution in [0, 0.1) is 40.8 Å². The summed E-state index contributed by atoms with van der Waals surface area (Å²) in [5.74, 6) is -6.36. The summed E-state index contributed by atoms with van der Waals surface area (Å²) >= 11 is 0. The number of benzene rings is 3. The van der Waals surface area contributed by atoms with Gasteiger partial charge in [-0.05, 0) is 86.7 Å². The first-order valence-corrected chi connectivity index (χ1v) is 16.0. The second-order valence-electron chi connectivity index (χ2n) is 12.8. The van der Waals surface area contributed by atoms with Gasteiger partial charge in [-0.3, -0.25) is 0 Å². The van der Waals surface area contributed by atoms with Gasteiger partial charge >= 0.3 is 0 Å². The summed E-state index contributed by atoms with van der Waals surface area (Å²) in [4.78, 5) is 0. The topological polar surface area (TPSA) is 42.0 Å². The van der Waals surface area contributed by atoms with Crippen LogP contribution in [0.2, 0.25) is 0 Å². The van der Waals surface area contributed by atoms with Crippen molar-refractivity contribution in [2.75, 3.05) is 13.2 Å². The van der Waals surface area contributed by atoms with Crippen molar-refractivity contribution in [2.24, 2.45) is 5.92 Å². The van der Waals surface area contributed by atoms with Gasteiger partial charge in [-0.25, -0.2) is 26.3 Å². The number of hydrogen-bond acceptors (Lipinski definition) is 3. The van der Waals surface area contributed by atoms with Crippen LogP contribution >= 0.6 is 0 Å². The minimum absolute atomic E-state index is 0.00654. The summed E-state index contributed by atoms with van der Waals surface area (Å²) in [6.07, 6.45) is 4.53. The smallest absolute Gasteiger partial charge is 0.167 e. The third-order valence-corrected chi connectivity index (χ3v) is 10.1. The van der Waals surface area contributed by atoms with Crippen LogP contribution in [0.5, 0.6) is 0 Å². The third kappa shape index (κ3) is 6.54. The van der Waals surface area contributed by atoms with Gasteiger partial charge in [-0.15, -0.1) is 0 Å². The summed E-state index contributed by atoms with van der Waals surface area (Å²) < 4.78 is 100. The Kier molecular flexibility index (Phi) is 9.60. The lowest BCUT2D eigenvalue weighted by molar-refractivity contribution is -0.00295. The molecule has 3 nitrogen and oxygen atoms in total. The standard InChI is InChI=1S/C36H38F6O3/c1-2-29(43)27-15-12-24(32(38)35(27)41)21-7-9-22(10-8-21)44-17-19-3-5-20(6-4-19)23-11-13-25(33(39)31(23)37)26-14-16-28(30-18-45-30)36(42)34(26)40/h11-16,19-22,29-30,43H,2-10,17-18H2,1H3. The second-order valence-corrected chi connectivity index (χ2v) is 12.8. The summed E-state index contributed by atoms with van der Waals surface area (Å²) in [6.45, 7) is 2.57. The zero-order chi connectivity index (χ0) is 31.8. The maximum Gasteiger partial charge on any atom is 0.167 e. The first kappa shape index (κ1) is 32.1. The zero-order valence-electron chi connectivity index (χ0n) is 25.2. The highest BCUT2D eigenvalue weighted by Crippen LogP contribution is 2.42. The Hall–Kier alpha value is -2.88. The van der Waals surface area contributed by atoms with Gasteiger partial charge in [0.15, 0.2) is 34.9 Å². The van der Waals surface area contributed by atoms with Crippen LogP contribution in [-0.4, -0.2) is 24.4 Å². The molecule has 3 aromatic rings. The van der Waals surface area contributed by atoms with Gasteiger partial charge in [0.2, 0.25) is 0 Å². The molecule has 3 aromatic carbocycles. The van der Waals surface area contributed by atoms with Crippen molar-refractivity contribution >= 4 is 0 Å². The van der Waals surface area contributed by atoms with Crippen LogP contribution in [0.3, 0.4) is 0 Å². The fourth-order valence-electron chi connectivity index (χ4n) is 7.16. The molecule has 1 aliphatic heterocycles. The molecule has 0 spiro atoms. The molecule has 0 radical (unpaired) electrons. The molecule has 1 saturated heterocycles. The quantitative estimate of drug-likeness (QED) is 0.189. The first-order valence-electron chi connectivity index (χ1n) is 16.0. The molecule has 45 heavy (non-hydrogen) atoms. The summed E-state index contributed by atoms with van der Waals surface area (Å²) in [5.41, 5.74) is 0.0349. The Morgan fingerprint density at radius 1 is 0.667 bits per heavy atom. The SMILES string of the molecule is CCC(O)c1ccc(C2CCC(OCC3CCC(c4ccc(-c5ccc(C6CO6)c(F)c5F)c(F)c4F)CC3)CC2)c(F)c1F. The monoisotopic (exact) mass is 632 g/mol.